The lowest BCUT2D eigenvalue weighted by Gasteiger charge is -1.92. The first-order valence-electron chi connectivity index (χ1n) is 5.17. The number of nitrogens with two attached hydrogens (primary N) is 1. The number of aliphatic carboxylic acids is 2. The summed E-state index contributed by atoms with van der Waals surface area (Å²) in [5.41, 5.74) is 4.64. The zero-order valence-corrected chi connectivity index (χ0v) is 10.9. The van der Waals surface area contributed by atoms with E-state index >= 15 is 0 Å². The van der Waals surface area contributed by atoms with E-state index in [9.17, 15) is 19.2 Å². The van der Waals surface area contributed by atoms with Gasteiger partial charge in [-0.15, -0.1) is 0 Å². The first kappa shape index (κ1) is 18.8. The largest absolute Gasteiger partial charge is 0.481 e. The summed E-state index contributed by atoms with van der Waals surface area (Å²) >= 11 is 1.08. The van der Waals surface area contributed by atoms with Crippen LogP contribution in [0.4, 0.5) is 0 Å². The minimum absolute atomic E-state index is 0.0567. The van der Waals surface area contributed by atoms with Crippen LogP contribution in [-0.2, 0) is 19.2 Å². The van der Waals surface area contributed by atoms with Gasteiger partial charge in [0.2, 0.25) is 5.91 Å². The number of primary amides is 1. The van der Waals surface area contributed by atoms with E-state index in [1.165, 1.54) is 0 Å². The Hall–Kier alpha value is -1.57. The number of hydrogen-bond acceptors (Lipinski definition) is 5. The average molecular weight is 279 g/mol. The van der Waals surface area contributed by atoms with Gasteiger partial charge in [-0.25, -0.2) is 0 Å². The summed E-state index contributed by atoms with van der Waals surface area (Å²) in [5, 5.41) is 16.2. The zero-order chi connectivity index (χ0) is 14.6. The standard InChI is InChI=1S/C6H10O3S.C4H7NO3/c1-2-6(9)10-4-3-5(7)8;5-3(6)1-2-4(7)8/h2-4H2,1H3,(H,7,8);1-2H2,(H2,5,6)(H,7,8). The summed E-state index contributed by atoms with van der Waals surface area (Å²) < 4.78 is 0. The molecular weight excluding hydrogens is 262 g/mol. The van der Waals surface area contributed by atoms with Gasteiger partial charge in [0.05, 0.1) is 12.8 Å². The van der Waals surface area contributed by atoms with Crippen molar-refractivity contribution in [2.75, 3.05) is 5.75 Å². The van der Waals surface area contributed by atoms with Crippen molar-refractivity contribution in [1.29, 1.82) is 0 Å². The van der Waals surface area contributed by atoms with Gasteiger partial charge in [-0.3, -0.25) is 19.2 Å². The summed E-state index contributed by atoms with van der Waals surface area (Å²) in [4.78, 5) is 40.1. The Kier molecular flexibility index (Phi) is 12.4. The highest BCUT2D eigenvalue weighted by molar-refractivity contribution is 8.13. The lowest BCUT2D eigenvalue weighted by molar-refractivity contribution is -0.138. The van der Waals surface area contributed by atoms with Gasteiger partial charge in [0, 0.05) is 18.6 Å². The van der Waals surface area contributed by atoms with Crippen LogP contribution >= 0.6 is 11.8 Å². The van der Waals surface area contributed by atoms with E-state index < -0.39 is 17.8 Å². The van der Waals surface area contributed by atoms with Gasteiger partial charge < -0.3 is 15.9 Å². The molecule has 0 aromatic rings. The number of carboxylic acid groups (broad SMARTS) is 2. The lowest BCUT2D eigenvalue weighted by Crippen LogP contribution is -2.12. The first-order valence-corrected chi connectivity index (χ1v) is 6.15. The molecule has 18 heavy (non-hydrogen) atoms. The maximum atomic E-state index is 10.6. The molecule has 8 heteroatoms. The maximum absolute atomic E-state index is 10.6. The number of thioether (sulfide) groups is 1. The second-order valence-corrected chi connectivity index (χ2v) is 4.23. The van der Waals surface area contributed by atoms with Crippen molar-refractivity contribution in [2.24, 2.45) is 5.73 Å². The fraction of sp³-hybridized carbons (Fsp3) is 0.600. The van der Waals surface area contributed by atoms with Gasteiger partial charge in [0.1, 0.15) is 0 Å². The Morgan fingerprint density at radius 3 is 1.78 bits per heavy atom. The highest BCUT2D eigenvalue weighted by Gasteiger charge is 2.01. The van der Waals surface area contributed by atoms with Gasteiger partial charge in [0.15, 0.2) is 5.12 Å². The molecule has 0 unspecified atom stereocenters. The van der Waals surface area contributed by atoms with Crippen molar-refractivity contribution in [3.8, 4) is 0 Å². The van der Waals surface area contributed by atoms with Crippen LogP contribution in [-0.4, -0.2) is 38.9 Å². The normalized spacial score (nSPS) is 8.94. The second-order valence-electron chi connectivity index (χ2n) is 3.08. The Bertz CT molecular complexity index is 291. The molecule has 0 aliphatic heterocycles. The van der Waals surface area contributed by atoms with Crippen molar-refractivity contribution in [3.05, 3.63) is 0 Å². The van der Waals surface area contributed by atoms with Gasteiger partial charge in [-0.1, -0.05) is 18.7 Å². The molecule has 0 saturated carbocycles. The Balaban J connectivity index is 0. The Labute approximate surface area is 109 Å². The molecule has 0 aliphatic rings. The van der Waals surface area contributed by atoms with Crippen LogP contribution in [0.1, 0.15) is 32.6 Å². The molecule has 0 aromatic carbocycles. The summed E-state index contributed by atoms with van der Waals surface area (Å²) in [6, 6.07) is 0. The second kappa shape index (κ2) is 11.9. The topological polar surface area (TPSA) is 135 Å². The van der Waals surface area contributed by atoms with Crippen LogP contribution in [0, 0.1) is 0 Å². The summed E-state index contributed by atoms with van der Waals surface area (Å²) in [5.74, 6) is -2.03. The van der Waals surface area contributed by atoms with Crippen LogP contribution < -0.4 is 5.73 Å². The number of rotatable bonds is 7. The van der Waals surface area contributed by atoms with E-state index in [0.717, 1.165) is 11.8 Å². The molecule has 0 rings (SSSR count). The van der Waals surface area contributed by atoms with Crippen LogP contribution in [0.2, 0.25) is 0 Å². The van der Waals surface area contributed by atoms with Crippen LogP contribution in [0.3, 0.4) is 0 Å². The molecular formula is C10H17NO6S. The van der Waals surface area contributed by atoms with Crippen LogP contribution in [0.15, 0.2) is 0 Å². The molecule has 0 aliphatic carbocycles. The van der Waals surface area contributed by atoms with Crippen molar-refractivity contribution in [3.63, 3.8) is 0 Å². The lowest BCUT2D eigenvalue weighted by atomic mass is 10.3. The van der Waals surface area contributed by atoms with Crippen LogP contribution in [0.25, 0.3) is 0 Å². The van der Waals surface area contributed by atoms with E-state index in [1.807, 2.05) is 0 Å². The summed E-state index contributed by atoms with van der Waals surface area (Å²) in [6.07, 6.45) is 0.297. The smallest absolute Gasteiger partial charge is 0.304 e. The van der Waals surface area contributed by atoms with E-state index in [4.69, 9.17) is 10.2 Å². The molecule has 0 saturated heterocycles. The number of hydrogen-bond donors (Lipinski definition) is 3. The van der Waals surface area contributed by atoms with Gasteiger partial charge in [-0.2, -0.15) is 0 Å². The number of carbonyl (C=O) groups excluding carboxylic acids is 2. The highest BCUT2D eigenvalue weighted by atomic mass is 32.2. The van der Waals surface area contributed by atoms with Crippen molar-refractivity contribution in [1.82, 2.24) is 0 Å². The van der Waals surface area contributed by atoms with Crippen LogP contribution in [0.5, 0.6) is 0 Å². The molecule has 104 valence electrons. The quantitative estimate of drug-likeness (QED) is 0.616. The summed E-state index contributed by atoms with van der Waals surface area (Å²) in [6.45, 7) is 1.76. The van der Waals surface area contributed by atoms with Gasteiger partial charge in [-0.05, 0) is 0 Å². The van der Waals surface area contributed by atoms with Gasteiger partial charge in [0.25, 0.3) is 0 Å². The first-order chi connectivity index (χ1) is 8.29. The molecule has 0 heterocycles. The summed E-state index contributed by atoms with van der Waals surface area (Å²) in [7, 11) is 0. The minimum atomic E-state index is -0.996. The predicted octanol–water partition coefficient (Wildman–Crippen LogP) is 0.467. The number of carboxylic acids is 2. The van der Waals surface area contributed by atoms with E-state index in [0.29, 0.717) is 12.2 Å². The van der Waals surface area contributed by atoms with E-state index in [-0.39, 0.29) is 24.4 Å². The molecule has 0 aromatic heterocycles. The third-order valence-electron chi connectivity index (χ3n) is 1.45. The molecule has 1 amide bonds. The monoisotopic (exact) mass is 279 g/mol. The SMILES string of the molecule is CCC(=O)SCCC(=O)O.NC(=O)CCC(=O)O. The highest BCUT2D eigenvalue weighted by Crippen LogP contribution is 2.05. The molecule has 0 radical (unpaired) electrons. The zero-order valence-electron chi connectivity index (χ0n) is 10.0. The van der Waals surface area contributed by atoms with Crippen molar-refractivity contribution in [2.45, 2.75) is 32.6 Å². The molecule has 7 nitrogen and oxygen atoms in total. The third-order valence-corrected chi connectivity index (χ3v) is 2.47. The van der Waals surface area contributed by atoms with E-state index in [2.05, 4.69) is 5.73 Å². The van der Waals surface area contributed by atoms with Crippen molar-refractivity contribution < 1.29 is 29.4 Å². The maximum Gasteiger partial charge on any atom is 0.304 e. The predicted molar refractivity (Wildman–Crippen MR) is 66.1 cm³/mol. The fourth-order valence-corrected chi connectivity index (χ4v) is 1.29. The molecule has 0 bridgehead atoms. The Morgan fingerprint density at radius 1 is 1.00 bits per heavy atom. The Morgan fingerprint density at radius 2 is 1.50 bits per heavy atom. The average Bonchev–Trinajstić information content (AvgIpc) is 2.26. The minimum Gasteiger partial charge on any atom is -0.481 e. The van der Waals surface area contributed by atoms with Crippen molar-refractivity contribution >= 4 is 34.7 Å². The van der Waals surface area contributed by atoms with E-state index in [1.54, 1.807) is 6.92 Å². The van der Waals surface area contributed by atoms with Gasteiger partial charge >= 0.3 is 11.9 Å². The molecule has 0 atom stereocenters. The fourth-order valence-electron chi connectivity index (χ4n) is 0.584. The third kappa shape index (κ3) is 19.9. The number of amides is 1. The molecule has 0 fully saturated rings. The molecule has 4 N–H and O–H groups in total. The molecule has 0 spiro atoms. The number of carbonyl (C=O) groups is 4.